The van der Waals surface area contributed by atoms with E-state index < -0.39 is 0 Å². The standard InChI is InChI=1S/C11H14N2OS/c1-7-3-5-14-11(7)10(13-12)9-4-6-15-8(9)2/h3-6,10,13H,12H2,1-2H3. The molecular formula is C11H14N2OS. The fraction of sp³-hybridized carbons (Fsp3) is 0.273. The lowest BCUT2D eigenvalue weighted by Gasteiger charge is -2.14. The quantitative estimate of drug-likeness (QED) is 0.619. The Labute approximate surface area is 92.9 Å². The summed E-state index contributed by atoms with van der Waals surface area (Å²) in [4.78, 5) is 1.26. The van der Waals surface area contributed by atoms with Gasteiger partial charge in [0.1, 0.15) is 11.8 Å². The molecule has 0 saturated carbocycles. The Morgan fingerprint density at radius 1 is 1.40 bits per heavy atom. The van der Waals surface area contributed by atoms with E-state index in [9.17, 15) is 0 Å². The zero-order chi connectivity index (χ0) is 10.8. The van der Waals surface area contributed by atoms with Crippen LogP contribution in [0.5, 0.6) is 0 Å². The van der Waals surface area contributed by atoms with Crippen LogP contribution in [0.15, 0.2) is 28.2 Å². The van der Waals surface area contributed by atoms with Crippen LogP contribution in [0.3, 0.4) is 0 Å². The van der Waals surface area contributed by atoms with Gasteiger partial charge in [-0.3, -0.25) is 5.84 Å². The van der Waals surface area contributed by atoms with Gasteiger partial charge in [0.25, 0.3) is 0 Å². The van der Waals surface area contributed by atoms with Gasteiger partial charge in [-0.2, -0.15) is 0 Å². The van der Waals surface area contributed by atoms with Gasteiger partial charge in [0.15, 0.2) is 0 Å². The van der Waals surface area contributed by atoms with Crippen LogP contribution in [0.1, 0.15) is 27.8 Å². The fourth-order valence-electron chi connectivity index (χ4n) is 1.68. The third-order valence-corrected chi connectivity index (χ3v) is 3.40. The van der Waals surface area contributed by atoms with Gasteiger partial charge in [-0.15, -0.1) is 11.3 Å². The Hall–Kier alpha value is -1.10. The Kier molecular flexibility index (Phi) is 2.90. The molecule has 1 atom stereocenters. The summed E-state index contributed by atoms with van der Waals surface area (Å²) >= 11 is 1.71. The van der Waals surface area contributed by atoms with Crippen molar-refractivity contribution in [1.82, 2.24) is 5.43 Å². The minimum atomic E-state index is -0.0498. The fourth-order valence-corrected chi connectivity index (χ4v) is 2.42. The Bertz CT molecular complexity index is 407. The summed E-state index contributed by atoms with van der Waals surface area (Å²) in [7, 11) is 0. The number of nitrogens with one attached hydrogen (secondary N) is 1. The summed E-state index contributed by atoms with van der Waals surface area (Å²) in [5.41, 5.74) is 5.10. The molecule has 2 aromatic heterocycles. The lowest BCUT2D eigenvalue weighted by Crippen LogP contribution is -2.29. The molecule has 3 N–H and O–H groups in total. The molecule has 0 aromatic carbocycles. The van der Waals surface area contributed by atoms with E-state index in [0.717, 1.165) is 11.3 Å². The zero-order valence-electron chi connectivity index (χ0n) is 8.78. The predicted molar refractivity (Wildman–Crippen MR) is 61.7 cm³/mol. The average Bonchev–Trinajstić information content (AvgIpc) is 2.80. The highest BCUT2D eigenvalue weighted by Gasteiger charge is 2.19. The molecule has 0 radical (unpaired) electrons. The second-order valence-electron chi connectivity index (χ2n) is 3.50. The number of nitrogens with two attached hydrogens (primary N) is 1. The van der Waals surface area contributed by atoms with Crippen LogP contribution in [0.25, 0.3) is 0 Å². The number of hydrazine groups is 1. The molecule has 2 aromatic rings. The number of thiophene rings is 1. The van der Waals surface area contributed by atoms with Crippen LogP contribution in [0.2, 0.25) is 0 Å². The third-order valence-electron chi connectivity index (χ3n) is 2.54. The van der Waals surface area contributed by atoms with Crippen LogP contribution in [-0.2, 0) is 0 Å². The van der Waals surface area contributed by atoms with Crippen LogP contribution in [0, 0.1) is 13.8 Å². The summed E-state index contributed by atoms with van der Waals surface area (Å²) in [6, 6.07) is 3.97. The molecule has 3 nitrogen and oxygen atoms in total. The first kappa shape index (κ1) is 10.4. The second kappa shape index (κ2) is 4.18. The van der Waals surface area contributed by atoms with Crippen molar-refractivity contribution in [3.05, 3.63) is 45.5 Å². The Morgan fingerprint density at radius 3 is 2.67 bits per heavy atom. The third kappa shape index (κ3) is 1.84. The van der Waals surface area contributed by atoms with E-state index in [4.69, 9.17) is 10.3 Å². The van der Waals surface area contributed by atoms with Gasteiger partial charge < -0.3 is 4.42 Å². The number of hydrogen-bond acceptors (Lipinski definition) is 4. The van der Waals surface area contributed by atoms with Gasteiger partial charge in [-0.05, 0) is 42.5 Å². The van der Waals surface area contributed by atoms with Crippen LogP contribution in [-0.4, -0.2) is 0 Å². The molecule has 0 aliphatic carbocycles. The molecule has 0 amide bonds. The van der Waals surface area contributed by atoms with Crippen LogP contribution >= 0.6 is 11.3 Å². The number of rotatable bonds is 3. The molecule has 0 fully saturated rings. The van der Waals surface area contributed by atoms with E-state index in [-0.39, 0.29) is 6.04 Å². The monoisotopic (exact) mass is 222 g/mol. The summed E-state index contributed by atoms with van der Waals surface area (Å²) in [5, 5.41) is 2.06. The maximum absolute atomic E-state index is 5.59. The lowest BCUT2D eigenvalue weighted by molar-refractivity contribution is 0.449. The highest BCUT2D eigenvalue weighted by atomic mass is 32.1. The normalized spacial score (nSPS) is 13.0. The molecule has 15 heavy (non-hydrogen) atoms. The Morgan fingerprint density at radius 2 is 2.20 bits per heavy atom. The minimum absolute atomic E-state index is 0.0498. The first-order valence-electron chi connectivity index (χ1n) is 4.78. The number of aryl methyl sites for hydroxylation is 2. The largest absolute Gasteiger partial charge is 0.467 e. The molecule has 0 aliphatic rings. The first-order valence-corrected chi connectivity index (χ1v) is 5.66. The summed E-state index contributed by atoms with van der Waals surface area (Å²) in [6.07, 6.45) is 1.69. The van der Waals surface area contributed by atoms with Gasteiger partial charge in [-0.1, -0.05) is 0 Å². The smallest absolute Gasteiger partial charge is 0.129 e. The average molecular weight is 222 g/mol. The summed E-state index contributed by atoms with van der Waals surface area (Å²) in [6.45, 7) is 4.10. The summed E-state index contributed by atoms with van der Waals surface area (Å²) < 4.78 is 5.46. The molecular weight excluding hydrogens is 208 g/mol. The van der Waals surface area contributed by atoms with Crippen molar-refractivity contribution in [3.63, 3.8) is 0 Å². The number of hydrogen-bond donors (Lipinski definition) is 2. The minimum Gasteiger partial charge on any atom is -0.467 e. The van der Waals surface area contributed by atoms with Gasteiger partial charge in [-0.25, -0.2) is 5.43 Å². The van der Waals surface area contributed by atoms with Crippen LogP contribution < -0.4 is 11.3 Å². The highest BCUT2D eigenvalue weighted by Crippen LogP contribution is 2.29. The van der Waals surface area contributed by atoms with Gasteiger partial charge >= 0.3 is 0 Å². The summed E-state index contributed by atoms with van der Waals surface area (Å²) in [5.74, 6) is 6.48. The maximum atomic E-state index is 5.59. The van der Waals surface area contributed by atoms with E-state index in [1.807, 2.05) is 13.0 Å². The predicted octanol–water partition coefficient (Wildman–Crippen LogP) is 2.51. The van der Waals surface area contributed by atoms with Crippen molar-refractivity contribution in [2.45, 2.75) is 19.9 Å². The molecule has 2 heterocycles. The maximum Gasteiger partial charge on any atom is 0.129 e. The molecule has 1 unspecified atom stereocenters. The van der Waals surface area contributed by atoms with E-state index in [1.165, 1.54) is 10.4 Å². The molecule has 0 aliphatic heterocycles. The second-order valence-corrected chi connectivity index (χ2v) is 4.62. The van der Waals surface area contributed by atoms with E-state index in [2.05, 4.69) is 23.8 Å². The lowest BCUT2D eigenvalue weighted by atomic mass is 10.0. The topological polar surface area (TPSA) is 51.2 Å². The van der Waals surface area contributed by atoms with E-state index in [1.54, 1.807) is 17.6 Å². The number of furan rings is 1. The van der Waals surface area contributed by atoms with Crippen molar-refractivity contribution < 1.29 is 4.42 Å². The van der Waals surface area contributed by atoms with Crippen molar-refractivity contribution >= 4 is 11.3 Å². The molecule has 0 saturated heterocycles. The Balaban J connectivity index is 2.41. The van der Waals surface area contributed by atoms with Gasteiger partial charge in [0.05, 0.1) is 6.26 Å². The molecule has 0 spiro atoms. The molecule has 80 valence electrons. The van der Waals surface area contributed by atoms with Gasteiger partial charge in [0.2, 0.25) is 0 Å². The highest BCUT2D eigenvalue weighted by molar-refractivity contribution is 7.10. The van der Waals surface area contributed by atoms with E-state index in [0.29, 0.717) is 0 Å². The molecule has 0 bridgehead atoms. The zero-order valence-corrected chi connectivity index (χ0v) is 9.60. The van der Waals surface area contributed by atoms with Crippen molar-refractivity contribution in [2.75, 3.05) is 0 Å². The first-order chi connectivity index (χ1) is 7.24. The van der Waals surface area contributed by atoms with Crippen molar-refractivity contribution in [3.8, 4) is 0 Å². The molecule has 4 heteroatoms. The molecule has 2 rings (SSSR count). The van der Waals surface area contributed by atoms with Crippen molar-refractivity contribution in [2.24, 2.45) is 5.84 Å². The SMILES string of the molecule is Cc1ccoc1C(NN)c1ccsc1C. The van der Waals surface area contributed by atoms with Crippen LogP contribution in [0.4, 0.5) is 0 Å². The van der Waals surface area contributed by atoms with E-state index >= 15 is 0 Å². The van der Waals surface area contributed by atoms with Crippen molar-refractivity contribution in [1.29, 1.82) is 0 Å². The van der Waals surface area contributed by atoms with Gasteiger partial charge in [0, 0.05) is 4.88 Å².